The highest BCUT2D eigenvalue weighted by atomic mass is 16.8. The average Bonchev–Trinajstić information content (AvgIpc) is 3.15. The van der Waals surface area contributed by atoms with Crippen LogP contribution in [0.25, 0.3) is 0 Å². The number of ether oxygens (including phenoxy) is 7. The molecule has 54 heavy (non-hydrogen) atoms. The van der Waals surface area contributed by atoms with Crippen molar-refractivity contribution in [3.05, 3.63) is 29.8 Å². The summed E-state index contributed by atoms with van der Waals surface area (Å²) in [7, 11) is 0. The minimum Gasteiger partial charge on any atom is -0.484 e. The predicted octanol–water partition coefficient (Wildman–Crippen LogP) is -6.12. The first-order valence-electron chi connectivity index (χ1n) is 17.0. The van der Waals surface area contributed by atoms with Gasteiger partial charge in [-0.1, -0.05) is 6.07 Å². The molecule has 0 bridgehead atoms. The molecule has 306 valence electrons. The van der Waals surface area contributed by atoms with Gasteiger partial charge in [0, 0.05) is 13.5 Å². The number of hydrogen-bond donors (Lipinski definition) is 12. The molecule has 0 spiro atoms. The lowest BCUT2D eigenvalue weighted by Gasteiger charge is -2.48. The van der Waals surface area contributed by atoms with Gasteiger partial charge in [-0.05, 0) is 24.6 Å². The zero-order chi connectivity index (χ0) is 39.7. The van der Waals surface area contributed by atoms with E-state index in [0.29, 0.717) is 0 Å². The van der Waals surface area contributed by atoms with Crippen LogP contribution in [0.1, 0.15) is 23.7 Å². The molecule has 3 heterocycles. The molecule has 22 nitrogen and oxygen atoms in total. The summed E-state index contributed by atoms with van der Waals surface area (Å²) in [6, 6.07) is 4.26. The Morgan fingerprint density at radius 1 is 0.741 bits per heavy atom. The molecule has 2 amide bonds. The van der Waals surface area contributed by atoms with Gasteiger partial charge in [0.05, 0.1) is 32.0 Å². The number of aromatic carboxylic acids is 1. The van der Waals surface area contributed by atoms with E-state index in [2.05, 4.69) is 10.6 Å². The van der Waals surface area contributed by atoms with E-state index < -0.39 is 136 Å². The van der Waals surface area contributed by atoms with Crippen molar-refractivity contribution in [2.45, 2.75) is 105 Å². The minimum atomic E-state index is -1.97. The average molecular weight is 781 g/mol. The lowest BCUT2D eigenvalue weighted by molar-refractivity contribution is -0.376. The number of nitrogens with one attached hydrogen (secondary N) is 2. The highest BCUT2D eigenvalue weighted by Crippen LogP contribution is 2.33. The highest BCUT2D eigenvalue weighted by Gasteiger charge is 2.54. The van der Waals surface area contributed by atoms with Crippen molar-refractivity contribution in [2.75, 3.05) is 39.6 Å². The molecule has 3 aliphatic heterocycles. The Bertz CT molecular complexity index is 1370. The van der Waals surface area contributed by atoms with E-state index in [4.69, 9.17) is 38.3 Å². The summed E-state index contributed by atoms with van der Waals surface area (Å²) in [5.74, 6) is -2.11. The largest absolute Gasteiger partial charge is 0.484 e. The zero-order valence-corrected chi connectivity index (χ0v) is 29.0. The second kappa shape index (κ2) is 20.1. The third kappa shape index (κ3) is 10.8. The fourth-order valence-electron chi connectivity index (χ4n) is 6.00. The SMILES string of the molecule is CC(=O)NC1C(OCCCNC(=O)COc2cccc(C(=O)O)c2)OC(CO)C(OC2OC(CO)C(O)C(OC3OC(CO)C(O)C(O)C3O)C2O)C1O. The smallest absolute Gasteiger partial charge is 0.335 e. The number of amides is 2. The fraction of sp³-hybridized carbons (Fsp3) is 0.719. The molecule has 1 aromatic carbocycles. The van der Waals surface area contributed by atoms with Crippen molar-refractivity contribution in [2.24, 2.45) is 0 Å². The topological polar surface area (TPSA) is 342 Å². The number of aliphatic hydroxyl groups excluding tert-OH is 9. The first-order chi connectivity index (χ1) is 25.7. The molecular weight excluding hydrogens is 732 g/mol. The van der Waals surface area contributed by atoms with Gasteiger partial charge in [0.1, 0.15) is 78.9 Å². The summed E-state index contributed by atoms with van der Waals surface area (Å²) in [6.07, 6.45) is -23.4. The molecule has 15 unspecified atom stereocenters. The van der Waals surface area contributed by atoms with Crippen LogP contribution in [0.2, 0.25) is 0 Å². The summed E-state index contributed by atoms with van der Waals surface area (Å²) < 4.78 is 39.1. The number of benzene rings is 1. The fourth-order valence-corrected chi connectivity index (χ4v) is 6.00. The summed E-state index contributed by atoms with van der Waals surface area (Å²) in [5.41, 5.74) is -0.0116. The first kappa shape index (κ1) is 43.6. The number of carboxylic acid groups (broad SMARTS) is 1. The lowest BCUT2D eigenvalue weighted by atomic mass is 9.95. The summed E-state index contributed by atoms with van der Waals surface area (Å²) in [5, 5.41) is 108. The van der Waals surface area contributed by atoms with Crippen molar-refractivity contribution in [3.63, 3.8) is 0 Å². The second-order valence-corrected chi connectivity index (χ2v) is 12.7. The van der Waals surface area contributed by atoms with Crippen LogP contribution in [-0.4, -0.2) is 200 Å². The van der Waals surface area contributed by atoms with Crippen LogP contribution in [0.5, 0.6) is 5.75 Å². The van der Waals surface area contributed by atoms with Crippen molar-refractivity contribution in [1.29, 1.82) is 0 Å². The van der Waals surface area contributed by atoms with E-state index in [1.165, 1.54) is 24.3 Å². The molecule has 4 rings (SSSR count). The standard InChI is InChI=1S/C32H48N2O20/c1-13(38)34-20-23(42)27(18(11-37)52-30(20)48-7-3-6-33-19(39)12-49-15-5-2-4-14(8-15)29(46)47)53-32-26(45)28(22(41)17(10-36)51-32)54-31-25(44)24(43)21(40)16(9-35)50-31/h2,4-5,8,16-18,20-28,30-32,35-37,40-45H,3,6-7,9-12H2,1H3,(H,33,39)(H,34,38)(H,46,47). The molecule has 15 atom stereocenters. The van der Waals surface area contributed by atoms with Gasteiger partial charge >= 0.3 is 5.97 Å². The molecule has 3 saturated heterocycles. The number of carbonyl (C=O) groups excluding carboxylic acids is 2. The molecule has 12 N–H and O–H groups in total. The van der Waals surface area contributed by atoms with Gasteiger partial charge in [0.2, 0.25) is 5.91 Å². The zero-order valence-electron chi connectivity index (χ0n) is 29.0. The van der Waals surface area contributed by atoms with Gasteiger partial charge in [-0.2, -0.15) is 0 Å². The van der Waals surface area contributed by atoms with Crippen molar-refractivity contribution in [1.82, 2.24) is 10.6 Å². The molecule has 22 heteroatoms. The maximum Gasteiger partial charge on any atom is 0.335 e. The Kier molecular flexibility index (Phi) is 16.2. The lowest BCUT2D eigenvalue weighted by Crippen LogP contribution is -2.68. The molecule has 1 aromatic rings. The minimum absolute atomic E-state index is 0.0116. The molecule has 3 fully saturated rings. The van der Waals surface area contributed by atoms with Crippen molar-refractivity contribution in [3.8, 4) is 5.75 Å². The van der Waals surface area contributed by atoms with Gasteiger partial charge in [0.25, 0.3) is 5.91 Å². The molecule has 3 aliphatic rings. The second-order valence-electron chi connectivity index (χ2n) is 12.7. The molecule has 0 aliphatic carbocycles. The number of carboxylic acids is 1. The number of carbonyl (C=O) groups is 3. The van der Waals surface area contributed by atoms with Gasteiger partial charge in [-0.3, -0.25) is 9.59 Å². The molecule has 0 radical (unpaired) electrons. The van der Waals surface area contributed by atoms with Crippen molar-refractivity contribution < 1.29 is 98.6 Å². The van der Waals surface area contributed by atoms with E-state index in [0.717, 1.165) is 6.92 Å². The number of hydrogen-bond acceptors (Lipinski definition) is 19. The quantitative estimate of drug-likeness (QED) is 0.0654. The van der Waals surface area contributed by atoms with Crippen molar-refractivity contribution >= 4 is 17.8 Å². The Morgan fingerprint density at radius 2 is 1.35 bits per heavy atom. The predicted molar refractivity (Wildman–Crippen MR) is 173 cm³/mol. The van der Waals surface area contributed by atoms with Gasteiger partial charge in [0.15, 0.2) is 25.5 Å². The Labute approximate surface area is 307 Å². The van der Waals surface area contributed by atoms with Crippen LogP contribution in [0.15, 0.2) is 24.3 Å². The number of rotatable bonds is 17. The van der Waals surface area contributed by atoms with Crippen LogP contribution >= 0.6 is 0 Å². The van der Waals surface area contributed by atoms with Crippen LogP contribution in [0.3, 0.4) is 0 Å². The maximum atomic E-state index is 12.2. The van der Waals surface area contributed by atoms with Gasteiger partial charge < -0.3 is 94.9 Å². The Hall–Kier alpha value is -3.17. The van der Waals surface area contributed by atoms with E-state index in [1.807, 2.05) is 0 Å². The van der Waals surface area contributed by atoms with Gasteiger partial charge in [-0.15, -0.1) is 0 Å². The van der Waals surface area contributed by atoms with Crippen LogP contribution in [-0.2, 0) is 38.0 Å². The first-order valence-corrected chi connectivity index (χ1v) is 17.0. The van der Waals surface area contributed by atoms with Gasteiger partial charge in [-0.25, -0.2) is 4.79 Å². The highest BCUT2D eigenvalue weighted by molar-refractivity contribution is 5.88. The molecular formula is C32H48N2O20. The Balaban J connectivity index is 1.35. The summed E-state index contributed by atoms with van der Waals surface area (Å²) in [6.45, 7) is -1.69. The van der Waals surface area contributed by atoms with E-state index >= 15 is 0 Å². The third-order valence-electron chi connectivity index (χ3n) is 8.85. The maximum absolute atomic E-state index is 12.2. The van der Waals surface area contributed by atoms with Crippen LogP contribution in [0, 0.1) is 0 Å². The van der Waals surface area contributed by atoms with Crippen LogP contribution in [0.4, 0.5) is 0 Å². The third-order valence-corrected chi connectivity index (χ3v) is 8.85. The monoisotopic (exact) mass is 780 g/mol. The van der Waals surface area contributed by atoms with Crippen LogP contribution < -0.4 is 15.4 Å². The number of aliphatic hydroxyl groups is 9. The molecule has 0 aromatic heterocycles. The Morgan fingerprint density at radius 3 is 1.98 bits per heavy atom. The van der Waals surface area contributed by atoms with E-state index in [-0.39, 0.29) is 30.9 Å². The van der Waals surface area contributed by atoms with E-state index in [1.54, 1.807) is 0 Å². The summed E-state index contributed by atoms with van der Waals surface area (Å²) in [4.78, 5) is 35.4. The molecule has 0 saturated carbocycles. The normalized spacial score (nSPS) is 37.0. The van der Waals surface area contributed by atoms with E-state index in [9.17, 15) is 60.3 Å². The summed E-state index contributed by atoms with van der Waals surface area (Å²) >= 11 is 0.